The van der Waals surface area contributed by atoms with E-state index in [4.69, 9.17) is 4.74 Å². The van der Waals surface area contributed by atoms with Crippen LogP contribution >= 0.6 is 15.9 Å². The second kappa shape index (κ2) is 6.96. The van der Waals surface area contributed by atoms with Crippen molar-refractivity contribution in [2.45, 2.75) is 25.4 Å². The molecule has 3 heterocycles. The largest absolute Gasteiger partial charge is 0.460 e. The fourth-order valence-corrected chi connectivity index (χ4v) is 4.30. The fraction of sp³-hybridized carbons (Fsp3) is 0.421. The van der Waals surface area contributed by atoms with E-state index in [0.29, 0.717) is 18.5 Å². The monoisotopic (exact) mass is 417 g/mol. The minimum absolute atomic E-state index is 0.111. The van der Waals surface area contributed by atoms with Crippen molar-refractivity contribution < 1.29 is 14.3 Å². The Morgan fingerprint density at radius 1 is 1.35 bits per heavy atom. The van der Waals surface area contributed by atoms with Crippen LogP contribution in [0.3, 0.4) is 0 Å². The van der Waals surface area contributed by atoms with Crippen molar-refractivity contribution in [1.29, 1.82) is 0 Å². The lowest BCUT2D eigenvalue weighted by atomic mass is 9.76. The van der Waals surface area contributed by atoms with E-state index in [1.807, 2.05) is 12.1 Å². The third-order valence-corrected chi connectivity index (χ3v) is 5.98. The average Bonchev–Trinajstić information content (AvgIpc) is 2.95. The quantitative estimate of drug-likeness (QED) is 0.749. The highest BCUT2D eigenvalue weighted by Crippen LogP contribution is 2.41. The predicted octanol–water partition coefficient (Wildman–Crippen LogP) is 2.41. The summed E-state index contributed by atoms with van der Waals surface area (Å²) >= 11 is 3.46. The van der Waals surface area contributed by atoms with Crippen molar-refractivity contribution >= 4 is 38.6 Å². The third kappa shape index (κ3) is 3.21. The number of hydrogen-bond acceptors (Lipinski definition) is 5. The molecular weight excluding hydrogens is 398 g/mol. The minimum Gasteiger partial charge on any atom is -0.460 e. The molecule has 136 valence electrons. The van der Waals surface area contributed by atoms with Gasteiger partial charge in [0.1, 0.15) is 6.10 Å². The summed E-state index contributed by atoms with van der Waals surface area (Å²) in [5.74, 6) is -0.279. The van der Waals surface area contributed by atoms with Crippen molar-refractivity contribution in [2.24, 2.45) is 5.41 Å². The van der Waals surface area contributed by atoms with Crippen LogP contribution in [0, 0.1) is 5.41 Å². The molecule has 2 fully saturated rings. The molecule has 2 aromatic rings. The minimum atomic E-state index is -0.360. The van der Waals surface area contributed by atoms with Gasteiger partial charge in [0.05, 0.1) is 12.0 Å². The SMILES string of the molecule is O=C(NCC1CC2(CCNCC2)C(=O)O1)c1ccc2cncc(Br)c2c1. The van der Waals surface area contributed by atoms with Crippen molar-refractivity contribution in [2.75, 3.05) is 19.6 Å². The Labute approximate surface area is 159 Å². The summed E-state index contributed by atoms with van der Waals surface area (Å²) in [6, 6.07) is 5.49. The summed E-state index contributed by atoms with van der Waals surface area (Å²) in [6.45, 7) is 2.03. The van der Waals surface area contributed by atoms with E-state index in [-0.39, 0.29) is 23.4 Å². The normalized spacial score (nSPS) is 21.7. The first-order valence-corrected chi connectivity index (χ1v) is 9.60. The van der Waals surface area contributed by atoms with Crippen molar-refractivity contribution in [3.63, 3.8) is 0 Å². The first-order chi connectivity index (χ1) is 12.6. The number of nitrogens with one attached hydrogen (secondary N) is 2. The maximum Gasteiger partial charge on any atom is 0.312 e. The van der Waals surface area contributed by atoms with Crippen molar-refractivity contribution in [3.05, 3.63) is 40.6 Å². The van der Waals surface area contributed by atoms with Crippen LogP contribution in [-0.4, -0.2) is 42.6 Å². The molecule has 4 rings (SSSR count). The standard InChI is InChI=1S/C19H20BrN3O3/c20-16-11-22-9-13-2-1-12(7-15(13)16)17(24)23-10-14-8-19(18(25)26-14)3-5-21-6-4-19/h1-2,7,9,11,14,21H,3-6,8,10H2,(H,23,24). The molecule has 1 unspecified atom stereocenters. The molecule has 7 heteroatoms. The molecule has 26 heavy (non-hydrogen) atoms. The van der Waals surface area contributed by atoms with E-state index >= 15 is 0 Å². The highest BCUT2D eigenvalue weighted by Gasteiger charge is 2.49. The smallest absolute Gasteiger partial charge is 0.312 e. The zero-order chi connectivity index (χ0) is 18.1. The molecule has 1 amide bonds. The van der Waals surface area contributed by atoms with Gasteiger partial charge in [0, 0.05) is 34.2 Å². The summed E-state index contributed by atoms with van der Waals surface area (Å²) in [5, 5.41) is 8.09. The number of benzene rings is 1. The number of fused-ring (bicyclic) bond motifs is 1. The number of halogens is 1. The van der Waals surface area contributed by atoms with E-state index in [1.54, 1.807) is 18.5 Å². The summed E-state index contributed by atoms with van der Waals surface area (Å²) in [6.07, 6.45) is 5.52. The van der Waals surface area contributed by atoms with E-state index < -0.39 is 0 Å². The van der Waals surface area contributed by atoms with E-state index in [1.165, 1.54) is 0 Å². The Kier molecular flexibility index (Phi) is 4.67. The number of pyridine rings is 1. The molecule has 0 aliphatic carbocycles. The van der Waals surface area contributed by atoms with Gasteiger partial charge >= 0.3 is 5.97 Å². The molecule has 0 radical (unpaired) electrons. The van der Waals surface area contributed by atoms with Gasteiger partial charge < -0.3 is 15.4 Å². The number of aromatic nitrogens is 1. The Morgan fingerprint density at radius 2 is 2.15 bits per heavy atom. The van der Waals surface area contributed by atoms with Gasteiger partial charge in [-0.25, -0.2) is 0 Å². The van der Waals surface area contributed by atoms with Gasteiger partial charge in [-0.2, -0.15) is 0 Å². The zero-order valence-electron chi connectivity index (χ0n) is 14.3. The van der Waals surface area contributed by atoms with E-state index in [2.05, 4.69) is 31.5 Å². The zero-order valence-corrected chi connectivity index (χ0v) is 15.8. The number of carbonyl (C=O) groups is 2. The van der Waals surface area contributed by atoms with Gasteiger partial charge in [-0.05, 0) is 59.4 Å². The first kappa shape index (κ1) is 17.4. The number of nitrogens with zero attached hydrogens (tertiary/aromatic N) is 1. The number of esters is 1. The van der Waals surface area contributed by atoms with Crippen LogP contribution in [0.2, 0.25) is 0 Å². The maximum absolute atomic E-state index is 12.5. The Bertz CT molecular complexity index is 864. The van der Waals surface area contributed by atoms with Crippen LogP contribution in [-0.2, 0) is 9.53 Å². The van der Waals surface area contributed by atoms with Crippen molar-refractivity contribution in [1.82, 2.24) is 15.6 Å². The number of amides is 1. The summed E-state index contributed by atoms with van der Waals surface area (Å²) in [7, 11) is 0. The topological polar surface area (TPSA) is 80.3 Å². The second-order valence-corrected chi connectivity index (χ2v) is 7.88. The van der Waals surface area contributed by atoms with Crippen LogP contribution in [0.25, 0.3) is 10.8 Å². The lowest BCUT2D eigenvalue weighted by molar-refractivity contribution is -0.149. The molecule has 2 saturated heterocycles. The summed E-state index contributed by atoms with van der Waals surface area (Å²) < 4.78 is 6.38. The molecule has 1 atom stereocenters. The summed E-state index contributed by atoms with van der Waals surface area (Å²) in [4.78, 5) is 28.9. The van der Waals surface area contributed by atoms with Gasteiger partial charge in [-0.1, -0.05) is 6.07 Å². The molecule has 1 spiro atoms. The van der Waals surface area contributed by atoms with Gasteiger partial charge in [-0.3, -0.25) is 14.6 Å². The Morgan fingerprint density at radius 3 is 2.96 bits per heavy atom. The van der Waals surface area contributed by atoms with Gasteiger partial charge in [0.25, 0.3) is 5.91 Å². The predicted molar refractivity (Wildman–Crippen MR) is 101 cm³/mol. The number of carbonyl (C=O) groups excluding carboxylic acids is 2. The van der Waals surface area contributed by atoms with Crippen molar-refractivity contribution in [3.8, 4) is 0 Å². The molecule has 1 aromatic carbocycles. The van der Waals surface area contributed by atoms with Gasteiger partial charge in [0.2, 0.25) is 0 Å². The number of rotatable bonds is 3. The van der Waals surface area contributed by atoms with Crippen LogP contribution in [0.15, 0.2) is 35.1 Å². The van der Waals surface area contributed by atoms with Crippen LogP contribution in [0.5, 0.6) is 0 Å². The first-order valence-electron chi connectivity index (χ1n) is 8.81. The number of piperidine rings is 1. The molecule has 6 nitrogen and oxygen atoms in total. The second-order valence-electron chi connectivity index (χ2n) is 7.03. The van der Waals surface area contributed by atoms with E-state index in [9.17, 15) is 9.59 Å². The van der Waals surface area contributed by atoms with Gasteiger partial charge in [0.15, 0.2) is 0 Å². The van der Waals surface area contributed by atoms with Crippen LogP contribution in [0.4, 0.5) is 0 Å². The number of hydrogen-bond donors (Lipinski definition) is 2. The molecule has 2 aliphatic rings. The highest BCUT2D eigenvalue weighted by atomic mass is 79.9. The van der Waals surface area contributed by atoms with Crippen LogP contribution < -0.4 is 10.6 Å². The molecular formula is C19H20BrN3O3. The molecule has 1 aromatic heterocycles. The Hall–Kier alpha value is -1.99. The third-order valence-electron chi connectivity index (χ3n) is 5.35. The highest BCUT2D eigenvalue weighted by molar-refractivity contribution is 9.10. The average molecular weight is 418 g/mol. The van der Waals surface area contributed by atoms with Gasteiger partial charge in [-0.15, -0.1) is 0 Å². The van der Waals surface area contributed by atoms with E-state index in [0.717, 1.165) is 41.2 Å². The molecule has 2 aliphatic heterocycles. The Balaban J connectivity index is 1.41. The summed E-state index contributed by atoms with van der Waals surface area (Å²) in [5.41, 5.74) is 0.215. The number of cyclic esters (lactones) is 1. The molecule has 0 saturated carbocycles. The van der Waals surface area contributed by atoms with Crippen LogP contribution in [0.1, 0.15) is 29.6 Å². The lowest BCUT2D eigenvalue weighted by Crippen LogP contribution is -2.39. The number of ether oxygens (including phenoxy) is 1. The lowest BCUT2D eigenvalue weighted by Gasteiger charge is -2.29. The molecule has 0 bridgehead atoms. The molecule has 2 N–H and O–H groups in total. The maximum atomic E-state index is 12.5. The fourth-order valence-electron chi connectivity index (χ4n) is 3.84.